The van der Waals surface area contributed by atoms with Crippen LogP contribution in [0.1, 0.15) is 34.2 Å². The molecular weight excluding hydrogens is 278 g/mol. The van der Waals surface area contributed by atoms with Crippen molar-refractivity contribution in [3.8, 4) is 6.07 Å². The lowest BCUT2D eigenvalue weighted by molar-refractivity contribution is -0.0494. The monoisotopic (exact) mass is 297 g/mol. The Balaban J connectivity index is 2.05. The fourth-order valence-corrected chi connectivity index (χ4v) is 4.30. The Bertz CT molecular complexity index is 710. The van der Waals surface area contributed by atoms with Gasteiger partial charge in [-0.3, -0.25) is 0 Å². The van der Waals surface area contributed by atoms with Crippen LogP contribution in [-0.4, -0.2) is 5.11 Å². The lowest BCUT2D eigenvalue weighted by Gasteiger charge is -2.42. The highest BCUT2D eigenvalue weighted by atomic mass is 32.1. The summed E-state index contributed by atoms with van der Waals surface area (Å²) in [6, 6.07) is 14.7. The van der Waals surface area contributed by atoms with E-state index in [-0.39, 0.29) is 0 Å². The first-order chi connectivity index (χ1) is 9.98. The van der Waals surface area contributed by atoms with Crippen molar-refractivity contribution in [3.63, 3.8) is 0 Å². The van der Waals surface area contributed by atoms with E-state index in [0.29, 0.717) is 12.8 Å². The van der Waals surface area contributed by atoms with E-state index >= 15 is 0 Å². The maximum Gasteiger partial charge on any atom is 0.115 e. The number of hydrogen-bond donors (Lipinski definition) is 1. The van der Waals surface area contributed by atoms with Crippen LogP contribution in [0.15, 0.2) is 36.4 Å². The van der Waals surface area contributed by atoms with Crippen molar-refractivity contribution in [1.82, 2.24) is 0 Å². The zero-order chi connectivity index (χ0) is 15.1. The number of fused-ring (bicyclic) bond motifs is 1. The summed E-state index contributed by atoms with van der Waals surface area (Å²) >= 11 is 1.58. The molecule has 3 heteroatoms. The average molecular weight is 297 g/mol. The van der Waals surface area contributed by atoms with E-state index in [4.69, 9.17) is 0 Å². The van der Waals surface area contributed by atoms with Gasteiger partial charge in [0.25, 0.3) is 0 Å². The van der Waals surface area contributed by atoms with Gasteiger partial charge in [-0.1, -0.05) is 24.3 Å². The van der Waals surface area contributed by atoms with Crippen molar-refractivity contribution in [2.45, 2.75) is 38.7 Å². The number of nitriles is 1. The van der Waals surface area contributed by atoms with Crippen LogP contribution in [0.25, 0.3) is 0 Å². The Morgan fingerprint density at radius 3 is 2.57 bits per heavy atom. The fourth-order valence-electron chi connectivity index (χ4n) is 3.29. The van der Waals surface area contributed by atoms with Crippen molar-refractivity contribution in [2.24, 2.45) is 5.41 Å². The molecule has 108 valence electrons. The zero-order valence-electron chi connectivity index (χ0n) is 12.4. The molecule has 2 nitrogen and oxygen atoms in total. The molecule has 1 aromatic heterocycles. The third-order valence-electron chi connectivity index (χ3n) is 4.80. The molecule has 0 amide bonds. The molecule has 0 saturated carbocycles. The van der Waals surface area contributed by atoms with Gasteiger partial charge >= 0.3 is 0 Å². The van der Waals surface area contributed by atoms with Crippen molar-refractivity contribution >= 4 is 11.3 Å². The fraction of sp³-hybridized carbons (Fsp3) is 0.389. The van der Waals surface area contributed by atoms with Gasteiger partial charge < -0.3 is 5.11 Å². The summed E-state index contributed by atoms with van der Waals surface area (Å²) in [6.45, 7) is 3.83. The summed E-state index contributed by atoms with van der Waals surface area (Å²) in [6.07, 6.45) is 2.17. The number of aliphatic hydroxyl groups is 1. The smallest absolute Gasteiger partial charge is 0.115 e. The summed E-state index contributed by atoms with van der Waals surface area (Å²) in [4.78, 5) is 2.05. The third-order valence-corrected chi connectivity index (χ3v) is 6.01. The van der Waals surface area contributed by atoms with Gasteiger partial charge in [-0.15, -0.1) is 11.3 Å². The highest BCUT2D eigenvalue weighted by Gasteiger charge is 2.51. The first kappa shape index (κ1) is 14.3. The van der Waals surface area contributed by atoms with E-state index in [1.54, 1.807) is 18.3 Å². The Morgan fingerprint density at radius 2 is 1.95 bits per heavy atom. The molecule has 0 fully saturated rings. The number of nitrogens with zero attached hydrogens (tertiary/aromatic N) is 1. The first-order valence-corrected chi connectivity index (χ1v) is 8.07. The molecule has 1 aliphatic carbocycles. The minimum Gasteiger partial charge on any atom is -0.383 e. The Labute approximate surface area is 129 Å². The van der Waals surface area contributed by atoms with E-state index in [9.17, 15) is 10.4 Å². The number of rotatable bonds is 2. The molecular formula is C18H19NOS. The van der Waals surface area contributed by atoms with Crippen LogP contribution in [0, 0.1) is 23.7 Å². The number of thiophene rings is 1. The van der Waals surface area contributed by atoms with Crippen LogP contribution in [-0.2, 0) is 18.4 Å². The predicted molar refractivity (Wildman–Crippen MR) is 85.1 cm³/mol. The molecule has 2 unspecified atom stereocenters. The van der Waals surface area contributed by atoms with Crippen molar-refractivity contribution < 1.29 is 5.11 Å². The molecule has 0 radical (unpaired) electrons. The van der Waals surface area contributed by atoms with Gasteiger partial charge in [0.15, 0.2) is 0 Å². The Hall–Kier alpha value is -1.63. The molecule has 2 atom stereocenters. The second-order valence-corrected chi connectivity index (χ2v) is 7.41. The van der Waals surface area contributed by atoms with Crippen molar-refractivity contribution in [3.05, 3.63) is 57.3 Å². The summed E-state index contributed by atoms with van der Waals surface area (Å²) in [5.41, 5.74) is 0.632. The molecule has 0 bridgehead atoms. The van der Waals surface area contributed by atoms with Gasteiger partial charge in [0.1, 0.15) is 5.60 Å². The maximum atomic E-state index is 11.2. The summed E-state index contributed by atoms with van der Waals surface area (Å²) < 4.78 is 0. The molecule has 3 rings (SSSR count). The quantitative estimate of drug-likeness (QED) is 0.911. The first-order valence-electron chi connectivity index (χ1n) is 7.26. The minimum absolute atomic E-state index is 0.615. The molecule has 21 heavy (non-hydrogen) atoms. The number of benzene rings is 1. The van der Waals surface area contributed by atoms with E-state index in [0.717, 1.165) is 16.2 Å². The van der Waals surface area contributed by atoms with E-state index in [1.807, 2.05) is 31.2 Å². The second-order valence-electron chi connectivity index (χ2n) is 6.12. The topological polar surface area (TPSA) is 44.0 Å². The summed E-state index contributed by atoms with van der Waals surface area (Å²) in [7, 11) is 0. The average Bonchev–Trinajstić information content (AvgIpc) is 2.93. The lowest BCUT2D eigenvalue weighted by Crippen LogP contribution is -2.46. The lowest BCUT2D eigenvalue weighted by atomic mass is 9.63. The van der Waals surface area contributed by atoms with Crippen LogP contribution in [0.4, 0.5) is 0 Å². The molecule has 1 aliphatic rings. The SMILES string of the molecule is Cc1ccc(C(C)(O)C2(C#N)CCc3ccccc3C2)s1. The second kappa shape index (κ2) is 4.98. The van der Waals surface area contributed by atoms with E-state index < -0.39 is 11.0 Å². The predicted octanol–water partition coefficient (Wildman–Crippen LogP) is 3.96. The van der Waals surface area contributed by atoms with Gasteiger partial charge in [0, 0.05) is 9.75 Å². The normalized spacial score (nSPS) is 23.9. The zero-order valence-corrected chi connectivity index (χ0v) is 13.2. The minimum atomic E-state index is -1.12. The van der Waals surface area contributed by atoms with Crippen molar-refractivity contribution in [1.29, 1.82) is 5.26 Å². The van der Waals surface area contributed by atoms with Gasteiger partial charge in [-0.05, 0) is 56.4 Å². The van der Waals surface area contributed by atoms with Gasteiger partial charge in [0.2, 0.25) is 0 Å². The van der Waals surface area contributed by atoms with Crippen LogP contribution >= 0.6 is 11.3 Å². The maximum absolute atomic E-state index is 11.2. The molecule has 0 spiro atoms. The van der Waals surface area contributed by atoms with Crippen LogP contribution in [0.3, 0.4) is 0 Å². The van der Waals surface area contributed by atoms with Crippen LogP contribution in [0.5, 0.6) is 0 Å². The largest absolute Gasteiger partial charge is 0.383 e. The number of aryl methyl sites for hydroxylation is 2. The summed E-state index contributed by atoms with van der Waals surface area (Å²) in [5, 5.41) is 21.1. The van der Waals surface area contributed by atoms with Gasteiger partial charge in [0.05, 0.1) is 11.5 Å². The molecule has 1 heterocycles. The Kier molecular flexibility index (Phi) is 3.39. The molecule has 1 N–H and O–H groups in total. The number of hydrogen-bond acceptors (Lipinski definition) is 3. The van der Waals surface area contributed by atoms with E-state index in [2.05, 4.69) is 18.2 Å². The highest BCUT2D eigenvalue weighted by molar-refractivity contribution is 7.12. The third kappa shape index (κ3) is 2.19. The molecule has 0 aliphatic heterocycles. The van der Waals surface area contributed by atoms with Crippen LogP contribution in [0.2, 0.25) is 0 Å². The highest BCUT2D eigenvalue weighted by Crippen LogP contribution is 2.49. The Morgan fingerprint density at radius 1 is 1.24 bits per heavy atom. The van der Waals surface area contributed by atoms with E-state index in [1.165, 1.54) is 11.1 Å². The molecule has 0 saturated heterocycles. The van der Waals surface area contributed by atoms with Crippen LogP contribution < -0.4 is 0 Å². The van der Waals surface area contributed by atoms with Gasteiger partial charge in [-0.2, -0.15) is 5.26 Å². The summed E-state index contributed by atoms with van der Waals surface area (Å²) in [5.74, 6) is 0. The standard InChI is InChI=1S/C18H19NOS/c1-13-7-8-16(21-13)17(2,20)18(12-19)10-9-14-5-3-4-6-15(14)11-18/h3-8,20H,9-11H2,1-2H3. The van der Waals surface area contributed by atoms with Crippen molar-refractivity contribution in [2.75, 3.05) is 0 Å². The molecule has 1 aromatic carbocycles. The molecule has 2 aromatic rings. The van der Waals surface area contributed by atoms with Gasteiger partial charge in [-0.25, -0.2) is 0 Å².